The third kappa shape index (κ3) is 3.62. The van der Waals surface area contributed by atoms with E-state index in [-0.39, 0.29) is 5.97 Å². The molecule has 0 spiro atoms. The van der Waals surface area contributed by atoms with E-state index in [2.05, 4.69) is 37.8 Å². The second-order valence-corrected chi connectivity index (χ2v) is 6.05. The first kappa shape index (κ1) is 14.3. The van der Waals surface area contributed by atoms with E-state index in [1.807, 2.05) is 0 Å². The zero-order valence-corrected chi connectivity index (χ0v) is 12.9. The Balaban J connectivity index is 2.88. The average Bonchev–Trinajstić information content (AvgIpc) is 2.53. The zero-order valence-electron chi connectivity index (χ0n) is 9.71. The summed E-state index contributed by atoms with van der Waals surface area (Å²) in [6, 6.07) is 1.67. The zero-order chi connectivity index (χ0) is 13.2. The van der Waals surface area contributed by atoms with Crippen molar-refractivity contribution in [3.05, 3.63) is 21.0 Å². The van der Waals surface area contributed by atoms with E-state index in [9.17, 15) is 4.79 Å². The molecule has 0 bridgehead atoms. The Morgan fingerprint density at radius 3 is 2.47 bits per heavy atom. The van der Waals surface area contributed by atoms with Gasteiger partial charge in [-0.15, -0.1) is 6.42 Å². The van der Waals surface area contributed by atoms with Gasteiger partial charge in [0.15, 0.2) is 10.4 Å². The van der Waals surface area contributed by atoms with Gasteiger partial charge in [0.2, 0.25) is 6.10 Å². The minimum absolute atomic E-state index is 0.371. The van der Waals surface area contributed by atoms with Crippen molar-refractivity contribution >= 4 is 37.8 Å². The maximum atomic E-state index is 11.7. The molecule has 0 amide bonds. The lowest BCUT2D eigenvalue weighted by Crippen LogP contribution is -2.24. The van der Waals surface area contributed by atoms with Crippen LogP contribution in [-0.4, -0.2) is 5.97 Å². The van der Waals surface area contributed by atoms with Crippen molar-refractivity contribution in [3.63, 3.8) is 0 Å². The smallest absolute Gasteiger partial charge is 0.312 e. The minimum atomic E-state index is -0.815. The summed E-state index contributed by atoms with van der Waals surface area (Å²) in [5.41, 5.74) is -0.601. The highest BCUT2D eigenvalue weighted by Gasteiger charge is 2.28. The van der Waals surface area contributed by atoms with Crippen LogP contribution in [0.15, 0.2) is 19.6 Å². The number of esters is 1. The van der Waals surface area contributed by atoms with E-state index in [4.69, 9.17) is 15.6 Å². The number of hydrogen-bond acceptors (Lipinski definition) is 3. The van der Waals surface area contributed by atoms with Crippen LogP contribution in [0.1, 0.15) is 32.6 Å². The first-order valence-electron chi connectivity index (χ1n) is 4.87. The summed E-state index contributed by atoms with van der Waals surface area (Å²) in [7, 11) is 0. The Labute approximate surface area is 117 Å². The number of ether oxygens (including phenoxy) is 1. The molecule has 0 aromatic carbocycles. The number of carbonyl (C=O) groups is 1. The first-order chi connectivity index (χ1) is 7.75. The molecule has 1 unspecified atom stereocenters. The second kappa shape index (κ2) is 5.28. The van der Waals surface area contributed by atoms with E-state index >= 15 is 0 Å². The predicted molar refractivity (Wildman–Crippen MR) is 71.2 cm³/mol. The Kier molecular flexibility index (Phi) is 4.45. The number of terminal acetylenes is 1. The van der Waals surface area contributed by atoms with Crippen molar-refractivity contribution < 1.29 is 13.9 Å². The highest BCUT2D eigenvalue weighted by molar-refractivity contribution is 9.13. The van der Waals surface area contributed by atoms with Crippen LogP contribution in [0.5, 0.6) is 0 Å². The summed E-state index contributed by atoms with van der Waals surface area (Å²) >= 11 is 6.47. The average molecular weight is 364 g/mol. The molecule has 0 N–H and O–H groups in total. The third-order valence-electron chi connectivity index (χ3n) is 1.91. The quantitative estimate of drug-likeness (QED) is 0.587. The molecule has 0 saturated heterocycles. The molecule has 0 aliphatic rings. The van der Waals surface area contributed by atoms with Gasteiger partial charge in [-0.25, -0.2) is 0 Å². The molecule has 3 nitrogen and oxygen atoms in total. The molecule has 1 aromatic heterocycles. The van der Waals surface area contributed by atoms with Crippen LogP contribution >= 0.6 is 31.9 Å². The van der Waals surface area contributed by atoms with Gasteiger partial charge in [-0.1, -0.05) is 5.92 Å². The fourth-order valence-electron chi connectivity index (χ4n) is 0.951. The van der Waals surface area contributed by atoms with Crippen molar-refractivity contribution in [2.24, 2.45) is 5.41 Å². The monoisotopic (exact) mass is 362 g/mol. The van der Waals surface area contributed by atoms with Gasteiger partial charge in [0.05, 0.1) is 9.89 Å². The van der Waals surface area contributed by atoms with Gasteiger partial charge < -0.3 is 9.15 Å². The molecule has 0 radical (unpaired) electrons. The molecule has 1 aromatic rings. The molecule has 0 aliphatic heterocycles. The fraction of sp³-hybridized carbons (Fsp3) is 0.417. The molecule has 1 atom stereocenters. The number of rotatable bonds is 2. The lowest BCUT2D eigenvalue weighted by molar-refractivity contribution is -0.156. The standard InChI is InChI=1S/C12H12Br2O3/c1-5-8(17-11(15)12(2,3)4)9-6-7(13)10(14)16-9/h1,6,8H,2-4H3. The van der Waals surface area contributed by atoms with Crippen molar-refractivity contribution in [2.75, 3.05) is 0 Å². The maximum Gasteiger partial charge on any atom is 0.312 e. The summed E-state index contributed by atoms with van der Waals surface area (Å²) in [4.78, 5) is 11.7. The van der Waals surface area contributed by atoms with Gasteiger partial charge in [0, 0.05) is 6.07 Å². The first-order valence-corrected chi connectivity index (χ1v) is 6.46. The SMILES string of the molecule is C#CC(OC(=O)C(C)(C)C)c1cc(Br)c(Br)o1. The molecule has 0 saturated carbocycles. The number of furan rings is 1. The number of carbonyl (C=O) groups excluding carboxylic acids is 1. The summed E-state index contributed by atoms with van der Waals surface area (Å²) in [6.45, 7) is 5.28. The van der Waals surface area contributed by atoms with Gasteiger partial charge >= 0.3 is 5.97 Å². The van der Waals surface area contributed by atoms with Gasteiger partial charge in [0.1, 0.15) is 0 Å². The Bertz CT molecular complexity index is 444. The molecule has 92 valence electrons. The van der Waals surface area contributed by atoms with Gasteiger partial charge in [-0.2, -0.15) is 0 Å². The van der Waals surface area contributed by atoms with E-state index in [0.717, 1.165) is 4.47 Å². The Morgan fingerprint density at radius 2 is 2.12 bits per heavy atom. The van der Waals surface area contributed by atoms with Crippen molar-refractivity contribution in [1.29, 1.82) is 0 Å². The number of hydrogen-bond donors (Lipinski definition) is 0. The lowest BCUT2D eigenvalue weighted by atomic mass is 9.97. The molecule has 5 heteroatoms. The third-order valence-corrected chi connectivity index (χ3v) is 3.62. The molecule has 0 fully saturated rings. The number of halogens is 2. The second-order valence-electron chi connectivity index (χ2n) is 4.47. The van der Waals surface area contributed by atoms with Crippen molar-refractivity contribution in [2.45, 2.75) is 26.9 Å². The van der Waals surface area contributed by atoms with Crippen LogP contribution < -0.4 is 0 Å². The fourth-order valence-corrected chi connectivity index (χ4v) is 1.56. The summed E-state index contributed by atoms with van der Waals surface area (Å²) in [5, 5.41) is 0. The highest BCUT2D eigenvalue weighted by atomic mass is 79.9. The lowest BCUT2D eigenvalue weighted by Gasteiger charge is -2.19. The van der Waals surface area contributed by atoms with E-state index in [1.54, 1.807) is 26.8 Å². The van der Waals surface area contributed by atoms with Gasteiger partial charge in [0.25, 0.3) is 0 Å². The van der Waals surface area contributed by atoms with Crippen LogP contribution in [0, 0.1) is 17.8 Å². The van der Waals surface area contributed by atoms with E-state index < -0.39 is 11.5 Å². The molecule has 0 aliphatic carbocycles. The molecule has 1 heterocycles. The van der Waals surface area contributed by atoms with Gasteiger partial charge in [-0.3, -0.25) is 4.79 Å². The van der Waals surface area contributed by atoms with E-state index in [1.165, 1.54) is 0 Å². The molecular formula is C12H12Br2O3. The van der Waals surface area contributed by atoms with Crippen LogP contribution in [0.2, 0.25) is 0 Å². The summed E-state index contributed by atoms with van der Waals surface area (Å²) < 4.78 is 11.8. The summed E-state index contributed by atoms with van der Waals surface area (Å²) in [6.07, 6.45) is 4.52. The van der Waals surface area contributed by atoms with Crippen molar-refractivity contribution in [1.82, 2.24) is 0 Å². The molecule has 17 heavy (non-hydrogen) atoms. The van der Waals surface area contributed by atoms with Crippen LogP contribution in [0.25, 0.3) is 0 Å². The normalized spacial score (nSPS) is 12.9. The van der Waals surface area contributed by atoms with Crippen molar-refractivity contribution in [3.8, 4) is 12.3 Å². The predicted octanol–water partition coefficient (Wildman–Crippen LogP) is 4.07. The van der Waals surface area contributed by atoms with E-state index in [0.29, 0.717) is 10.4 Å². The largest absolute Gasteiger partial charge is 0.448 e. The molecule has 1 rings (SSSR count). The topological polar surface area (TPSA) is 39.4 Å². The van der Waals surface area contributed by atoms with Crippen LogP contribution in [0.4, 0.5) is 0 Å². The minimum Gasteiger partial charge on any atom is -0.448 e. The Morgan fingerprint density at radius 1 is 1.53 bits per heavy atom. The highest BCUT2D eigenvalue weighted by Crippen LogP contribution is 2.32. The molecular weight excluding hydrogens is 352 g/mol. The maximum absolute atomic E-state index is 11.7. The Hall–Kier alpha value is -0.730. The van der Waals surface area contributed by atoms with Gasteiger partial charge in [-0.05, 0) is 52.6 Å². The summed E-state index contributed by atoms with van der Waals surface area (Å²) in [5.74, 6) is 2.42. The van der Waals surface area contributed by atoms with Crippen LogP contribution in [0.3, 0.4) is 0 Å². The van der Waals surface area contributed by atoms with Crippen LogP contribution in [-0.2, 0) is 9.53 Å².